The summed E-state index contributed by atoms with van der Waals surface area (Å²) < 4.78 is 16.8. The fraction of sp³-hybridized carbons (Fsp3) is 0.614. The van der Waals surface area contributed by atoms with Gasteiger partial charge in [-0.15, -0.1) is 0 Å². The third-order valence-electron chi connectivity index (χ3n) is 12.6. The highest BCUT2D eigenvalue weighted by atomic mass is 16.6. The largest absolute Gasteiger partial charge is 0.462 e. The van der Waals surface area contributed by atoms with E-state index < -0.39 is 6.10 Å². The van der Waals surface area contributed by atoms with Gasteiger partial charge in [0.05, 0.1) is 0 Å². The van der Waals surface area contributed by atoms with Crippen molar-refractivity contribution in [2.75, 3.05) is 13.2 Å². The lowest BCUT2D eigenvalue weighted by Crippen LogP contribution is -2.30. The molecule has 0 heterocycles. The number of allylic oxidation sites excluding steroid dienone is 24. The lowest BCUT2D eigenvalue weighted by Gasteiger charge is -2.18. The zero-order valence-electron chi connectivity index (χ0n) is 49.0. The number of esters is 3. The maximum Gasteiger partial charge on any atom is 0.306 e. The van der Waals surface area contributed by atoms with Crippen LogP contribution < -0.4 is 0 Å². The van der Waals surface area contributed by atoms with Crippen molar-refractivity contribution in [1.29, 1.82) is 0 Å². The molecule has 428 valence electrons. The molecule has 0 amide bonds. The molecule has 6 heteroatoms. The van der Waals surface area contributed by atoms with Gasteiger partial charge in [0.2, 0.25) is 0 Å². The Morgan fingerprint density at radius 1 is 0.276 bits per heavy atom. The molecule has 0 aliphatic carbocycles. The summed E-state index contributed by atoms with van der Waals surface area (Å²) in [6, 6.07) is 0. The zero-order chi connectivity index (χ0) is 55.0. The van der Waals surface area contributed by atoms with Crippen LogP contribution in [0.4, 0.5) is 0 Å². The van der Waals surface area contributed by atoms with E-state index in [0.29, 0.717) is 19.3 Å². The number of ether oxygens (including phenoxy) is 3. The number of carbonyl (C=O) groups excluding carboxylic acids is 3. The molecule has 0 aromatic carbocycles. The first-order valence-corrected chi connectivity index (χ1v) is 30.8. The molecule has 0 spiro atoms. The van der Waals surface area contributed by atoms with Crippen LogP contribution in [0.25, 0.3) is 0 Å². The third kappa shape index (κ3) is 60.2. The predicted molar refractivity (Wildman–Crippen MR) is 329 cm³/mol. The Kier molecular flexibility index (Phi) is 58.9. The minimum Gasteiger partial charge on any atom is -0.462 e. The summed E-state index contributed by atoms with van der Waals surface area (Å²) in [6.45, 7) is 6.33. The van der Waals surface area contributed by atoms with Gasteiger partial charge in [-0.25, -0.2) is 0 Å². The lowest BCUT2D eigenvalue weighted by molar-refractivity contribution is -0.166. The van der Waals surface area contributed by atoms with Crippen molar-refractivity contribution in [2.45, 2.75) is 264 Å². The van der Waals surface area contributed by atoms with Crippen LogP contribution in [-0.4, -0.2) is 37.2 Å². The molecule has 0 rings (SSSR count). The van der Waals surface area contributed by atoms with E-state index in [9.17, 15) is 14.4 Å². The molecule has 0 aromatic rings. The van der Waals surface area contributed by atoms with Crippen LogP contribution in [0.3, 0.4) is 0 Å². The Morgan fingerprint density at radius 2 is 0.539 bits per heavy atom. The van der Waals surface area contributed by atoms with Crippen LogP contribution in [-0.2, 0) is 28.6 Å². The topological polar surface area (TPSA) is 78.9 Å². The van der Waals surface area contributed by atoms with Crippen LogP contribution in [0.2, 0.25) is 0 Å². The monoisotopic (exact) mass is 1050 g/mol. The van der Waals surface area contributed by atoms with Gasteiger partial charge in [0, 0.05) is 19.3 Å². The SMILES string of the molecule is CC/C=C\C/C=C\C/C=C\C/C=C\C/C=C\C/C=C\C/C=C\C/C=C\CCCCCCC(=O)OCC(COC(=O)CC/C=C\C/C=C\C/C=C\C/C=C\CC)OC(=O)CCCCCCCCCCCCCCCCCC. The van der Waals surface area contributed by atoms with Crippen molar-refractivity contribution < 1.29 is 28.6 Å². The Bertz CT molecular complexity index is 1680. The first-order chi connectivity index (χ1) is 37.5. The van der Waals surface area contributed by atoms with Crippen LogP contribution in [0.15, 0.2) is 146 Å². The highest BCUT2D eigenvalue weighted by Crippen LogP contribution is 2.15. The Hall–Kier alpha value is -4.71. The third-order valence-corrected chi connectivity index (χ3v) is 12.6. The molecule has 0 N–H and O–H groups in total. The van der Waals surface area contributed by atoms with E-state index in [2.05, 4.69) is 154 Å². The molecule has 0 bridgehead atoms. The molecule has 0 aromatic heterocycles. The van der Waals surface area contributed by atoms with E-state index in [1.54, 1.807) is 0 Å². The summed E-state index contributed by atoms with van der Waals surface area (Å²) in [6.07, 6.45) is 90.1. The predicted octanol–water partition coefficient (Wildman–Crippen LogP) is 21.2. The maximum atomic E-state index is 12.9. The smallest absolute Gasteiger partial charge is 0.306 e. The van der Waals surface area contributed by atoms with Gasteiger partial charge in [0.15, 0.2) is 6.10 Å². The van der Waals surface area contributed by atoms with Crippen molar-refractivity contribution in [3.05, 3.63) is 146 Å². The number of carbonyl (C=O) groups is 3. The summed E-state index contributed by atoms with van der Waals surface area (Å²) in [5.41, 5.74) is 0. The van der Waals surface area contributed by atoms with E-state index in [-0.39, 0.29) is 37.5 Å². The molecule has 0 fully saturated rings. The van der Waals surface area contributed by atoms with Crippen LogP contribution in [0.1, 0.15) is 258 Å². The summed E-state index contributed by atoms with van der Waals surface area (Å²) in [4.78, 5) is 38.2. The molecule has 0 radical (unpaired) electrons. The molecular formula is C70H112O6. The van der Waals surface area contributed by atoms with Gasteiger partial charge in [-0.1, -0.05) is 276 Å². The second-order valence-electron chi connectivity index (χ2n) is 19.9. The second kappa shape index (κ2) is 62.8. The summed E-state index contributed by atoms with van der Waals surface area (Å²) >= 11 is 0. The first-order valence-electron chi connectivity index (χ1n) is 30.8. The van der Waals surface area contributed by atoms with E-state index >= 15 is 0 Å². The van der Waals surface area contributed by atoms with Gasteiger partial charge >= 0.3 is 17.9 Å². The minimum atomic E-state index is -0.822. The van der Waals surface area contributed by atoms with Gasteiger partial charge in [-0.3, -0.25) is 14.4 Å². The first kappa shape index (κ1) is 71.3. The average Bonchev–Trinajstić information content (AvgIpc) is 3.42. The van der Waals surface area contributed by atoms with E-state index in [1.165, 1.54) is 83.5 Å². The number of unbranched alkanes of at least 4 members (excludes halogenated alkanes) is 19. The Labute approximate surface area is 467 Å². The molecule has 6 nitrogen and oxygen atoms in total. The molecule has 0 saturated heterocycles. The van der Waals surface area contributed by atoms with E-state index in [4.69, 9.17) is 14.2 Å². The molecule has 1 atom stereocenters. The van der Waals surface area contributed by atoms with Crippen LogP contribution >= 0.6 is 0 Å². The van der Waals surface area contributed by atoms with Gasteiger partial charge in [0.25, 0.3) is 0 Å². The fourth-order valence-corrected chi connectivity index (χ4v) is 8.06. The van der Waals surface area contributed by atoms with Crippen molar-refractivity contribution in [3.8, 4) is 0 Å². The maximum absolute atomic E-state index is 12.9. The van der Waals surface area contributed by atoms with Crippen LogP contribution in [0.5, 0.6) is 0 Å². The summed E-state index contributed by atoms with van der Waals surface area (Å²) in [5, 5.41) is 0. The zero-order valence-corrected chi connectivity index (χ0v) is 49.0. The standard InChI is InChI=1S/C70H112O6/c1-4-7-10-13-16-19-22-25-27-29-30-31-32-33-34-35-36-37-38-39-40-41-43-45-48-51-54-57-60-63-69(72)75-66-67(65-74-68(71)62-59-56-53-50-47-44-24-21-18-15-12-9-6-3)76-70(73)64-61-58-55-52-49-46-42-28-26-23-20-17-14-11-8-5-2/h7,9-10,12,16,18-19,21,25,27,30-31,33-34,36-37,39-40,43-45,47,53,56,67H,4-6,8,11,13-15,17,20,22-24,26,28-29,32,35,38,41-42,46,48-52,54-55,57-66H2,1-3H3/b10-7-,12-9-,19-16-,21-18-,27-25-,31-30-,34-33-,37-36-,40-39-,45-43-,47-44-,56-53-. The average molecular weight is 1050 g/mol. The Balaban J connectivity index is 4.42. The van der Waals surface area contributed by atoms with E-state index in [0.717, 1.165) is 128 Å². The van der Waals surface area contributed by atoms with Gasteiger partial charge < -0.3 is 14.2 Å². The van der Waals surface area contributed by atoms with Crippen LogP contribution in [0, 0.1) is 0 Å². The van der Waals surface area contributed by atoms with Crippen molar-refractivity contribution >= 4 is 17.9 Å². The highest BCUT2D eigenvalue weighted by Gasteiger charge is 2.19. The molecule has 0 aliphatic heterocycles. The van der Waals surface area contributed by atoms with Crippen molar-refractivity contribution in [2.24, 2.45) is 0 Å². The highest BCUT2D eigenvalue weighted by molar-refractivity contribution is 5.71. The fourth-order valence-electron chi connectivity index (χ4n) is 8.06. The molecule has 0 aliphatic rings. The van der Waals surface area contributed by atoms with Gasteiger partial charge in [0.1, 0.15) is 13.2 Å². The second-order valence-corrected chi connectivity index (χ2v) is 19.9. The lowest BCUT2D eigenvalue weighted by atomic mass is 10.0. The van der Waals surface area contributed by atoms with Gasteiger partial charge in [-0.05, 0) is 109 Å². The Morgan fingerprint density at radius 3 is 0.882 bits per heavy atom. The molecule has 76 heavy (non-hydrogen) atoms. The van der Waals surface area contributed by atoms with Crippen molar-refractivity contribution in [1.82, 2.24) is 0 Å². The molecular weight excluding hydrogens is 937 g/mol. The molecule has 1 unspecified atom stereocenters. The minimum absolute atomic E-state index is 0.117. The quantitative estimate of drug-likeness (QED) is 0.0261. The molecule has 0 saturated carbocycles. The van der Waals surface area contributed by atoms with E-state index in [1.807, 2.05) is 12.2 Å². The normalized spacial score (nSPS) is 13.1. The number of hydrogen-bond donors (Lipinski definition) is 0. The number of hydrogen-bond acceptors (Lipinski definition) is 6. The number of rotatable bonds is 54. The van der Waals surface area contributed by atoms with Crippen molar-refractivity contribution in [3.63, 3.8) is 0 Å². The summed E-state index contributed by atoms with van der Waals surface area (Å²) in [7, 11) is 0. The van der Waals surface area contributed by atoms with Gasteiger partial charge in [-0.2, -0.15) is 0 Å². The summed E-state index contributed by atoms with van der Waals surface area (Å²) in [5.74, 6) is -1.02.